The topological polar surface area (TPSA) is 68.1 Å². The molecule has 0 spiro atoms. The molecule has 0 fully saturated rings. The number of nitro benzene ring substituents is 1. The lowest BCUT2D eigenvalue weighted by Gasteiger charge is -2.16. The lowest BCUT2D eigenvalue weighted by atomic mass is 10.1. The van der Waals surface area contributed by atoms with Crippen molar-refractivity contribution in [3.05, 3.63) is 62.9 Å². The smallest absolute Gasteiger partial charge is 0.270 e. The molecule has 0 aliphatic rings. The third-order valence-electron chi connectivity index (χ3n) is 2.74. The molecule has 0 bridgehead atoms. The Balaban J connectivity index is 2.18. The number of pyridine rings is 1. The molecule has 0 saturated carbocycles. The number of aromatic nitrogens is 1. The lowest BCUT2D eigenvalue weighted by molar-refractivity contribution is -0.384. The zero-order chi connectivity index (χ0) is 13.8. The van der Waals surface area contributed by atoms with E-state index in [2.05, 4.69) is 26.2 Å². The highest BCUT2D eigenvalue weighted by atomic mass is 79.9. The number of non-ortho nitro benzene ring substituents is 1. The standard InChI is InChI=1S/C13H12BrN3O2/c1-9(10-4-6-15-7-5-10)16-13-3-2-11(17(18)19)8-12(13)14/h2-9,16H,1H3. The van der Waals surface area contributed by atoms with Gasteiger partial charge in [-0.1, -0.05) is 0 Å². The van der Waals surface area contributed by atoms with Crippen LogP contribution in [0.3, 0.4) is 0 Å². The monoisotopic (exact) mass is 321 g/mol. The Morgan fingerprint density at radius 1 is 1.32 bits per heavy atom. The summed E-state index contributed by atoms with van der Waals surface area (Å²) in [6, 6.07) is 8.60. The minimum absolute atomic E-state index is 0.0639. The van der Waals surface area contributed by atoms with Crippen molar-refractivity contribution < 1.29 is 4.92 Å². The van der Waals surface area contributed by atoms with E-state index in [1.807, 2.05) is 19.1 Å². The van der Waals surface area contributed by atoms with Crippen LogP contribution in [0, 0.1) is 10.1 Å². The summed E-state index contributed by atoms with van der Waals surface area (Å²) in [4.78, 5) is 14.2. The van der Waals surface area contributed by atoms with Crippen LogP contribution in [-0.2, 0) is 0 Å². The maximum Gasteiger partial charge on any atom is 0.270 e. The highest BCUT2D eigenvalue weighted by Crippen LogP contribution is 2.29. The first kappa shape index (κ1) is 13.5. The predicted octanol–water partition coefficient (Wildman–Crippen LogP) is 3.93. The fourth-order valence-corrected chi connectivity index (χ4v) is 2.18. The van der Waals surface area contributed by atoms with E-state index in [9.17, 15) is 10.1 Å². The van der Waals surface area contributed by atoms with Crippen LogP contribution in [0.5, 0.6) is 0 Å². The highest BCUT2D eigenvalue weighted by Gasteiger charge is 2.11. The van der Waals surface area contributed by atoms with E-state index in [-0.39, 0.29) is 11.7 Å². The molecule has 0 radical (unpaired) electrons. The summed E-state index contributed by atoms with van der Waals surface area (Å²) in [6.07, 6.45) is 3.47. The van der Waals surface area contributed by atoms with E-state index in [0.29, 0.717) is 4.47 Å². The summed E-state index contributed by atoms with van der Waals surface area (Å²) in [6.45, 7) is 2.02. The molecule has 2 rings (SSSR count). The minimum atomic E-state index is -0.416. The number of anilines is 1. The summed E-state index contributed by atoms with van der Waals surface area (Å²) in [5.41, 5.74) is 1.98. The molecule has 1 aromatic heterocycles. The molecule has 1 atom stereocenters. The molecule has 6 heteroatoms. The van der Waals surface area contributed by atoms with E-state index in [1.165, 1.54) is 12.1 Å². The van der Waals surface area contributed by atoms with Gasteiger partial charge in [-0.3, -0.25) is 15.1 Å². The second-order valence-corrected chi connectivity index (χ2v) is 4.92. The number of nitrogens with zero attached hydrogens (tertiary/aromatic N) is 2. The lowest BCUT2D eigenvalue weighted by Crippen LogP contribution is -2.07. The number of hydrogen-bond donors (Lipinski definition) is 1. The first-order chi connectivity index (χ1) is 9.08. The Hall–Kier alpha value is -1.95. The van der Waals surface area contributed by atoms with Crippen molar-refractivity contribution in [2.24, 2.45) is 0 Å². The summed E-state index contributed by atoms with van der Waals surface area (Å²) in [5.74, 6) is 0. The fraction of sp³-hybridized carbons (Fsp3) is 0.154. The van der Waals surface area contributed by atoms with Gasteiger partial charge in [-0.15, -0.1) is 0 Å². The number of benzene rings is 1. The molecule has 5 nitrogen and oxygen atoms in total. The second kappa shape index (κ2) is 5.79. The molecule has 1 N–H and O–H groups in total. The van der Waals surface area contributed by atoms with Crippen LogP contribution in [0.15, 0.2) is 47.2 Å². The summed E-state index contributed by atoms with van der Waals surface area (Å²) in [7, 11) is 0. The van der Waals surface area contributed by atoms with Crippen molar-refractivity contribution in [3.8, 4) is 0 Å². The van der Waals surface area contributed by atoms with Crippen molar-refractivity contribution in [1.29, 1.82) is 0 Å². The van der Waals surface area contributed by atoms with Crippen LogP contribution in [0.25, 0.3) is 0 Å². The predicted molar refractivity (Wildman–Crippen MR) is 77.1 cm³/mol. The van der Waals surface area contributed by atoms with Gasteiger partial charge in [0.2, 0.25) is 0 Å². The molecule has 1 heterocycles. The fourth-order valence-electron chi connectivity index (χ4n) is 1.70. The molecular formula is C13H12BrN3O2. The highest BCUT2D eigenvalue weighted by molar-refractivity contribution is 9.10. The molecule has 0 amide bonds. The number of nitrogens with one attached hydrogen (secondary N) is 1. The summed E-state index contributed by atoms with van der Waals surface area (Å²) < 4.78 is 0.669. The molecule has 98 valence electrons. The number of nitro groups is 1. The van der Waals surface area contributed by atoms with Gasteiger partial charge >= 0.3 is 0 Å². The normalized spacial score (nSPS) is 11.9. The SMILES string of the molecule is CC(Nc1ccc([N+](=O)[O-])cc1Br)c1ccncc1. The van der Waals surface area contributed by atoms with Gasteiger partial charge in [0.15, 0.2) is 0 Å². The Bertz CT molecular complexity index is 590. The third-order valence-corrected chi connectivity index (χ3v) is 3.40. The Morgan fingerprint density at radius 2 is 2.00 bits per heavy atom. The van der Waals surface area contributed by atoms with Crippen LogP contribution in [0.1, 0.15) is 18.5 Å². The van der Waals surface area contributed by atoms with Crippen LogP contribution >= 0.6 is 15.9 Å². The maximum atomic E-state index is 10.7. The average molecular weight is 322 g/mol. The maximum absolute atomic E-state index is 10.7. The molecule has 0 aliphatic heterocycles. The second-order valence-electron chi connectivity index (χ2n) is 4.07. The van der Waals surface area contributed by atoms with Crippen molar-refractivity contribution in [2.75, 3.05) is 5.32 Å². The van der Waals surface area contributed by atoms with E-state index in [0.717, 1.165) is 11.3 Å². The number of halogens is 1. The molecule has 19 heavy (non-hydrogen) atoms. The molecule has 1 aromatic carbocycles. The van der Waals surface area contributed by atoms with E-state index in [4.69, 9.17) is 0 Å². The van der Waals surface area contributed by atoms with Gasteiger partial charge in [0.1, 0.15) is 0 Å². The first-order valence-electron chi connectivity index (χ1n) is 5.68. The van der Waals surface area contributed by atoms with E-state index >= 15 is 0 Å². The van der Waals surface area contributed by atoms with E-state index < -0.39 is 4.92 Å². The van der Waals surface area contributed by atoms with Crippen molar-refractivity contribution >= 4 is 27.3 Å². The number of rotatable bonds is 4. The molecule has 0 saturated heterocycles. The van der Waals surface area contributed by atoms with Crippen molar-refractivity contribution in [3.63, 3.8) is 0 Å². The Morgan fingerprint density at radius 3 is 2.58 bits per heavy atom. The first-order valence-corrected chi connectivity index (χ1v) is 6.47. The van der Waals surface area contributed by atoms with Crippen LogP contribution in [-0.4, -0.2) is 9.91 Å². The van der Waals surface area contributed by atoms with Gasteiger partial charge in [-0.25, -0.2) is 0 Å². The summed E-state index contributed by atoms with van der Waals surface area (Å²) >= 11 is 3.34. The van der Waals surface area contributed by atoms with Crippen LogP contribution in [0.4, 0.5) is 11.4 Å². The minimum Gasteiger partial charge on any atom is -0.378 e. The molecular weight excluding hydrogens is 310 g/mol. The van der Waals surface area contributed by atoms with E-state index in [1.54, 1.807) is 18.5 Å². The number of hydrogen-bond acceptors (Lipinski definition) is 4. The van der Waals surface area contributed by atoms with Gasteiger partial charge in [-0.2, -0.15) is 0 Å². The van der Waals surface area contributed by atoms with Crippen molar-refractivity contribution in [1.82, 2.24) is 4.98 Å². The molecule has 1 unspecified atom stereocenters. The Labute approximate surface area is 119 Å². The average Bonchev–Trinajstić information content (AvgIpc) is 2.41. The summed E-state index contributed by atoms with van der Waals surface area (Å²) in [5, 5.41) is 14.0. The Kier molecular flexibility index (Phi) is 4.11. The largest absolute Gasteiger partial charge is 0.378 e. The third kappa shape index (κ3) is 3.29. The van der Waals surface area contributed by atoms with Gasteiger partial charge in [0.25, 0.3) is 5.69 Å². The van der Waals surface area contributed by atoms with Crippen LogP contribution < -0.4 is 5.32 Å². The zero-order valence-electron chi connectivity index (χ0n) is 10.2. The van der Waals surface area contributed by atoms with Crippen molar-refractivity contribution in [2.45, 2.75) is 13.0 Å². The molecule has 2 aromatic rings. The van der Waals surface area contributed by atoms with Gasteiger partial charge in [0.05, 0.1) is 4.92 Å². The quantitative estimate of drug-likeness (QED) is 0.684. The van der Waals surface area contributed by atoms with Gasteiger partial charge in [-0.05, 0) is 46.6 Å². The zero-order valence-corrected chi connectivity index (χ0v) is 11.8. The van der Waals surface area contributed by atoms with Gasteiger partial charge < -0.3 is 5.32 Å². The molecule has 0 aliphatic carbocycles. The van der Waals surface area contributed by atoms with Gasteiger partial charge in [0, 0.05) is 40.7 Å². The van der Waals surface area contributed by atoms with Crippen LogP contribution in [0.2, 0.25) is 0 Å².